The molecule has 0 saturated carbocycles. The van der Waals surface area contributed by atoms with Crippen molar-refractivity contribution in [1.82, 2.24) is 4.98 Å². The zero-order valence-corrected chi connectivity index (χ0v) is 11.2. The molecule has 0 fully saturated rings. The molecule has 0 spiro atoms. The van der Waals surface area contributed by atoms with Crippen LogP contribution in [0.3, 0.4) is 0 Å². The van der Waals surface area contributed by atoms with E-state index in [1.807, 2.05) is 18.2 Å². The van der Waals surface area contributed by atoms with Crippen molar-refractivity contribution in [1.29, 1.82) is 0 Å². The third-order valence-corrected chi connectivity index (χ3v) is 3.15. The summed E-state index contributed by atoms with van der Waals surface area (Å²) < 4.78 is 0. The smallest absolute Gasteiger partial charge is 0.159 e. The highest BCUT2D eigenvalue weighted by molar-refractivity contribution is 6.33. The SMILES string of the molecule is CCc1cccc(-c2cc(C(C)=O)ccc2Cl)n1. The van der Waals surface area contributed by atoms with Gasteiger partial charge in [-0.1, -0.05) is 24.6 Å². The van der Waals surface area contributed by atoms with Crippen molar-refractivity contribution in [3.05, 3.63) is 52.7 Å². The van der Waals surface area contributed by atoms with Gasteiger partial charge in [-0.05, 0) is 43.7 Å². The van der Waals surface area contributed by atoms with Crippen LogP contribution in [0.2, 0.25) is 5.02 Å². The fraction of sp³-hybridized carbons (Fsp3) is 0.200. The van der Waals surface area contributed by atoms with E-state index >= 15 is 0 Å². The van der Waals surface area contributed by atoms with Crippen LogP contribution in [-0.2, 0) is 6.42 Å². The predicted molar refractivity (Wildman–Crippen MR) is 74.1 cm³/mol. The van der Waals surface area contributed by atoms with Crippen LogP contribution in [0.5, 0.6) is 0 Å². The molecule has 92 valence electrons. The molecule has 0 aliphatic heterocycles. The van der Waals surface area contributed by atoms with Gasteiger partial charge >= 0.3 is 0 Å². The van der Waals surface area contributed by atoms with Gasteiger partial charge in [0.15, 0.2) is 5.78 Å². The largest absolute Gasteiger partial charge is 0.295 e. The first-order valence-electron chi connectivity index (χ1n) is 5.88. The molecule has 2 nitrogen and oxygen atoms in total. The van der Waals surface area contributed by atoms with E-state index in [9.17, 15) is 4.79 Å². The van der Waals surface area contributed by atoms with E-state index in [1.165, 1.54) is 0 Å². The lowest BCUT2D eigenvalue weighted by atomic mass is 10.0. The fourth-order valence-electron chi connectivity index (χ4n) is 1.77. The molecule has 1 heterocycles. The number of ketones is 1. The minimum absolute atomic E-state index is 0.0274. The van der Waals surface area contributed by atoms with E-state index in [2.05, 4.69) is 11.9 Å². The minimum atomic E-state index is 0.0274. The van der Waals surface area contributed by atoms with Crippen molar-refractivity contribution < 1.29 is 4.79 Å². The van der Waals surface area contributed by atoms with E-state index < -0.39 is 0 Å². The first-order chi connectivity index (χ1) is 8.61. The predicted octanol–water partition coefficient (Wildman–Crippen LogP) is 4.17. The van der Waals surface area contributed by atoms with Gasteiger partial charge in [-0.15, -0.1) is 0 Å². The van der Waals surface area contributed by atoms with Crippen LogP contribution in [0.15, 0.2) is 36.4 Å². The zero-order chi connectivity index (χ0) is 13.1. The second kappa shape index (κ2) is 5.32. The van der Waals surface area contributed by atoms with Crippen molar-refractivity contribution >= 4 is 17.4 Å². The second-order valence-electron chi connectivity index (χ2n) is 4.12. The molecule has 1 aromatic carbocycles. The molecule has 18 heavy (non-hydrogen) atoms. The van der Waals surface area contributed by atoms with Gasteiger partial charge in [0.2, 0.25) is 0 Å². The average Bonchev–Trinajstić information content (AvgIpc) is 2.39. The molecule has 1 aromatic heterocycles. The third-order valence-electron chi connectivity index (χ3n) is 2.82. The van der Waals surface area contributed by atoms with Gasteiger partial charge < -0.3 is 0 Å². The maximum atomic E-state index is 11.4. The van der Waals surface area contributed by atoms with Gasteiger partial charge in [-0.3, -0.25) is 9.78 Å². The highest BCUT2D eigenvalue weighted by Crippen LogP contribution is 2.27. The molecule has 0 atom stereocenters. The topological polar surface area (TPSA) is 30.0 Å². The summed E-state index contributed by atoms with van der Waals surface area (Å²) in [6, 6.07) is 11.1. The van der Waals surface area contributed by atoms with Gasteiger partial charge in [0, 0.05) is 16.8 Å². The Balaban J connectivity index is 2.54. The number of aryl methyl sites for hydroxylation is 1. The monoisotopic (exact) mass is 259 g/mol. The number of halogens is 1. The molecule has 2 aromatic rings. The molecule has 3 heteroatoms. The summed E-state index contributed by atoms with van der Waals surface area (Å²) in [7, 11) is 0. The van der Waals surface area contributed by atoms with Crippen LogP contribution >= 0.6 is 11.6 Å². The quantitative estimate of drug-likeness (QED) is 0.775. The average molecular weight is 260 g/mol. The maximum absolute atomic E-state index is 11.4. The van der Waals surface area contributed by atoms with Crippen LogP contribution < -0.4 is 0 Å². The molecular formula is C15H14ClNO. The van der Waals surface area contributed by atoms with E-state index in [0.717, 1.165) is 23.4 Å². The highest BCUT2D eigenvalue weighted by Gasteiger charge is 2.08. The third kappa shape index (κ3) is 2.59. The summed E-state index contributed by atoms with van der Waals surface area (Å²) in [6.45, 7) is 3.60. The number of rotatable bonds is 3. The molecule has 0 N–H and O–H groups in total. The minimum Gasteiger partial charge on any atom is -0.295 e. The Labute approximate surface area is 112 Å². The fourth-order valence-corrected chi connectivity index (χ4v) is 1.98. The normalized spacial score (nSPS) is 10.4. The lowest BCUT2D eigenvalue weighted by Gasteiger charge is -2.07. The summed E-state index contributed by atoms with van der Waals surface area (Å²) in [5.74, 6) is 0.0274. The molecule has 2 rings (SSSR count). The Kier molecular flexibility index (Phi) is 3.78. The van der Waals surface area contributed by atoms with Gasteiger partial charge in [0.05, 0.1) is 10.7 Å². The molecule has 0 aliphatic rings. The number of Topliss-reactive ketones (excluding diaryl/α,β-unsaturated/α-hetero) is 1. The van der Waals surface area contributed by atoms with Gasteiger partial charge in [-0.2, -0.15) is 0 Å². The van der Waals surface area contributed by atoms with Gasteiger partial charge in [0.25, 0.3) is 0 Å². The lowest BCUT2D eigenvalue weighted by molar-refractivity contribution is 0.101. The Morgan fingerprint density at radius 1 is 1.28 bits per heavy atom. The van der Waals surface area contributed by atoms with Crippen molar-refractivity contribution in [2.24, 2.45) is 0 Å². The summed E-state index contributed by atoms with van der Waals surface area (Å²) in [5.41, 5.74) is 3.28. The van der Waals surface area contributed by atoms with Crippen molar-refractivity contribution in [2.75, 3.05) is 0 Å². The number of pyridine rings is 1. The Morgan fingerprint density at radius 3 is 2.72 bits per heavy atom. The number of hydrogen-bond donors (Lipinski definition) is 0. The summed E-state index contributed by atoms with van der Waals surface area (Å²) in [6.07, 6.45) is 0.873. The number of carbonyl (C=O) groups is 1. The standard InChI is InChI=1S/C15H14ClNO/c1-3-12-5-4-6-15(17-12)13-9-11(10(2)18)7-8-14(13)16/h4-9H,3H2,1-2H3. The lowest BCUT2D eigenvalue weighted by Crippen LogP contribution is -1.95. The van der Waals surface area contributed by atoms with E-state index in [1.54, 1.807) is 25.1 Å². The summed E-state index contributed by atoms with van der Waals surface area (Å²) in [4.78, 5) is 15.9. The van der Waals surface area contributed by atoms with Gasteiger partial charge in [-0.25, -0.2) is 0 Å². The molecular weight excluding hydrogens is 246 g/mol. The van der Waals surface area contributed by atoms with Crippen LogP contribution in [0.4, 0.5) is 0 Å². The first kappa shape index (κ1) is 12.8. The number of aromatic nitrogens is 1. The van der Waals surface area contributed by atoms with Crippen molar-refractivity contribution in [2.45, 2.75) is 20.3 Å². The van der Waals surface area contributed by atoms with Crippen LogP contribution in [0.25, 0.3) is 11.3 Å². The van der Waals surface area contributed by atoms with Crippen molar-refractivity contribution in [3.63, 3.8) is 0 Å². The van der Waals surface area contributed by atoms with Crippen LogP contribution in [0, 0.1) is 0 Å². The number of benzene rings is 1. The maximum Gasteiger partial charge on any atom is 0.159 e. The molecule has 0 aliphatic carbocycles. The Bertz CT molecular complexity index is 593. The van der Waals surface area contributed by atoms with Crippen molar-refractivity contribution in [3.8, 4) is 11.3 Å². The van der Waals surface area contributed by atoms with E-state index in [0.29, 0.717) is 10.6 Å². The molecule has 0 unspecified atom stereocenters. The van der Waals surface area contributed by atoms with Crippen LogP contribution in [-0.4, -0.2) is 10.8 Å². The highest BCUT2D eigenvalue weighted by atomic mass is 35.5. The number of nitrogens with zero attached hydrogens (tertiary/aromatic N) is 1. The van der Waals surface area contributed by atoms with E-state index in [4.69, 9.17) is 11.6 Å². The summed E-state index contributed by atoms with van der Waals surface area (Å²) in [5, 5.41) is 0.612. The molecule has 0 saturated heterocycles. The zero-order valence-electron chi connectivity index (χ0n) is 10.4. The molecule has 0 amide bonds. The number of carbonyl (C=O) groups excluding carboxylic acids is 1. The molecule has 0 bridgehead atoms. The second-order valence-corrected chi connectivity index (χ2v) is 4.53. The van der Waals surface area contributed by atoms with Gasteiger partial charge in [0.1, 0.15) is 0 Å². The Hall–Kier alpha value is -1.67. The first-order valence-corrected chi connectivity index (χ1v) is 6.26. The Morgan fingerprint density at radius 2 is 2.06 bits per heavy atom. The molecule has 0 radical (unpaired) electrons. The van der Waals surface area contributed by atoms with Crippen LogP contribution in [0.1, 0.15) is 29.9 Å². The summed E-state index contributed by atoms with van der Waals surface area (Å²) >= 11 is 6.18. The number of hydrogen-bond acceptors (Lipinski definition) is 2. The van der Waals surface area contributed by atoms with E-state index in [-0.39, 0.29) is 5.78 Å².